The molecule has 0 saturated heterocycles. The number of pyridine rings is 1. The Morgan fingerprint density at radius 2 is 1.62 bits per heavy atom. The van der Waals surface area contributed by atoms with Crippen molar-refractivity contribution in [1.82, 2.24) is 9.55 Å². The van der Waals surface area contributed by atoms with Crippen LogP contribution in [0.5, 0.6) is 0 Å². The smallest absolute Gasteiger partial charge is 0.356 e. The first-order chi connectivity index (χ1) is 18.7. The number of nitrogens with zero attached hydrogens (tertiary/aromatic N) is 2. The predicted molar refractivity (Wildman–Crippen MR) is 155 cm³/mol. The Labute approximate surface area is 233 Å². The second kappa shape index (κ2) is 10.8. The summed E-state index contributed by atoms with van der Waals surface area (Å²) in [5, 5.41) is 6.62. The number of aryl methyl sites for hydroxylation is 1. The van der Waals surface area contributed by atoms with Crippen molar-refractivity contribution in [2.24, 2.45) is 7.05 Å². The average molecular weight is 558 g/mol. The molecule has 0 spiro atoms. The van der Waals surface area contributed by atoms with Gasteiger partial charge in [-0.15, -0.1) is 11.3 Å². The van der Waals surface area contributed by atoms with Gasteiger partial charge in [0.1, 0.15) is 5.69 Å². The van der Waals surface area contributed by atoms with E-state index in [0.29, 0.717) is 32.2 Å². The highest BCUT2D eigenvalue weighted by molar-refractivity contribution is 7.14. The Kier molecular flexibility index (Phi) is 7.32. The molecule has 0 saturated carbocycles. The summed E-state index contributed by atoms with van der Waals surface area (Å²) in [6, 6.07) is 22.0. The Morgan fingerprint density at radius 3 is 2.31 bits per heavy atom. The van der Waals surface area contributed by atoms with Gasteiger partial charge in [0.25, 0.3) is 11.5 Å². The van der Waals surface area contributed by atoms with Crippen LogP contribution in [0, 0.1) is 6.92 Å². The van der Waals surface area contributed by atoms with E-state index in [0.717, 1.165) is 16.7 Å². The van der Waals surface area contributed by atoms with Gasteiger partial charge in [-0.1, -0.05) is 71.8 Å². The van der Waals surface area contributed by atoms with Gasteiger partial charge in [-0.25, -0.2) is 9.78 Å². The van der Waals surface area contributed by atoms with Crippen molar-refractivity contribution in [2.75, 3.05) is 5.32 Å². The van der Waals surface area contributed by atoms with Crippen LogP contribution in [0.4, 0.5) is 5.13 Å². The molecule has 0 radical (unpaired) electrons. The summed E-state index contributed by atoms with van der Waals surface area (Å²) in [5.74, 6) is -1.32. The maximum atomic E-state index is 13.5. The molecule has 196 valence electrons. The summed E-state index contributed by atoms with van der Waals surface area (Å²) in [7, 11) is 1.53. The second-order valence-corrected chi connectivity index (χ2v) is 10.4. The van der Waals surface area contributed by atoms with Crippen LogP contribution in [0.1, 0.15) is 23.0 Å². The van der Waals surface area contributed by atoms with Gasteiger partial charge >= 0.3 is 5.97 Å². The van der Waals surface area contributed by atoms with E-state index in [4.69, 9.17) is 16.3 Å². The summed E-state index contributed by atoms with van der Waals surface area (Å²) < 4.78 is 6.88. The average Bonchev–Trinajstić information content (AvgIpc) is 3.39. The van der Waals surface area contributed by atoms with Crippen molar-refractivity contribution >= 4 is 50.7 Å². The Balaban J connectivity index is 1.42. The Hall–Kier alpha value is -4.27. The number of carbonyl (C=O) groups excluding carboxylic acids is 2. The van der Waals surface area contributed by atoms with Gasteiger partial charge in [-0.3, -0.25) is 14.9 Å². The zero-order valence-electron chi connectivity index (χ0n) is 21.4. The summed E-state index contributed by atoms with van der Waals surface area (Å²) in [5.41, 5.74) is 3.67. The molecule has 0 fully saturated rings. The molecule has 5 rings (SSSR count). The Morgan fingerprint density at radius 1 is 0.974 bits per heavy atom. The fourth-order valence-corrected chi connectivity index (χ4v) is 5.13. The van der Waals surface area contributed by atoms with Crippen molar-refractivity contribution in [1.29, 1.82) is 0 Å². The number of thiazole rings is 1. The molecule has 2 heterocycles. The largest absolute Gasteiger partial charge is 0.448 e. The molecule has 3 aromatic carbocycles. The van der Waals surface area contributed by atoms with Crippen molar-refractivity contribution in [3.63, 3.8) is 0 Å². The van der Waals surface area contributed by atoms with E-state index in [1.54, 1.807) is 30.3 Å². The minimum atomic E-state index is -1.15. The van der Waals surface area contributed by atoms with Gasteiger partial charge in [-0.2, -0.15) is 0 Å². The summed E-state index contributed by atoms with van der Waals surface area (Å²) in [6.07, 6.45) is -1.15. The minimum absolute atomic E-state index is 0.0708. The van der Waals surface area contributed by atoms with Crippen LogP contribution in [0.15, 0.2) is 83.0 Å². The molecule has 9 heteroatoms. The number of amides is 1. The topological polar surface area (TPSA) is 90.3 Å². The number of rotatable bonds is 6. The molecule has 0 aliphatic carbocycles. The van der Waals surface area contributed by atoms with Crippen LogP contribution in [-0.4, -0.2) is 27.5 Å². The van der Waals surface area contributed by atoms with E-state index in [-0.39, 0.29) is 11.3 Å². The molecule has 39 heavy (non-hydrogen) atoms. The van der Waals surface area contributed by atoms with Crippen LogP contribution in [-0.2, 0) is 16.6 Å². The number of halogens is 1. The normalized spacial score (nSPS) is 11.8. The van der Waals surface area contributed by atoms with E-state index in [9.17, 15) is 14.4 Å². The highest BCUT2D eigenvalue weighted by atomic mass is 35.5. The number of nitrogens with one attached hydrogen (secondary N) is 1. The Bertz CT molecular complexity index is 1760. The second-order valence-electron chi connectivity index (χ2n) is 9.08. The van der Waals surface area contributed by atoms with Gasteiger partial charge in [0.15, 0.2) is 11.2 Å². The number of benzene rings is 3. The molecular formula is C30H24ClN3O4S. The monoisotopic (exact) mass is 557 g/mol. The third-order valence-corrected chi connectivity index (χ3v) is 7.37. The quantitative estimate of drug-likeness (QED) is 0.241. The molecule has 0 aliphatic heterocycles. The minimum Gasteiger partial charge on any atom is -0.448 e. The summed E-state index contributed by atoms with van der Waals surface area (Å²) in [6.45, 7) is 3.45. The number of ether oxygens (including phenoxy) is 1. The van der Waals surface area contributed by atoms with Gasteiger partial charge in [-0.05, 0) is 43.0 Å². The predicted octanol–water partition coefficient (Wildman–Crippen LogP) is 6.47. The van der Waals surface area contributed by atoms with Crippen molar-refractivity contribution in [2.45, 2.75) is 20.0 Å². The molecule has 0 aliphatic rings. The third kappa shape index (κ3) is 5.34. The van der Waals surface area contributed by atoms with Crippen LogP contribution in [0.3, 0.4) is 0 Å². The number of anilines is 1. The highest BCUT2D eigenvalue weighted by Crippen LogP contribution is 2.32. The SMILES string of the molecule is Cc1ccc(-c2c(C(=O)OC(C)C(=O)Nc3nc(-c4ccc(Cl)cc4)cs3)n(C)c(=O)c3ccccc23)cc1. The van der Waals surface area contributed by atoms with Crippen molar-refractivity contribution in [3.05, 3.63) is 105 Å². The zero-order valence-corrected chi connectivity index (χ0v) is 23.0. The van der Waals surface area contributed by atoms with Crippen LogP contribution in [0.2, 0.25) is 5.02 Å². The van der Waals surface area contributed by atoms with Gasteiger partial charge in [0.05, 0.1) is 5.69 Å². The fraction of sp³-hybridized carbons (Fsp3) is 0.133. The van der Waals surface area contributed by atoms with Crippen molar-refractivity contribution < 1.29 is 14.3 Å². The van der Waals surface area contributed by atoms with E-state index in [2.05, 4.69) is 10.3 Å². The van der Waals surface area contributed by atoms with Crippen LogP contribution >= 0.6 is 22.9 Å². The van der Waals surface area contributed by atoms with Gasteiger partial charge in [0, 0.05) is 34.0 Å². The molecule has 7 nitrogen and oxygen atoms in total. The van der Waals surface area contributed by atoms with Crippen LogP contribution < -0.4 is 10.9 Å². The van der Waals surface area contributed by atoms with Gasteiger partial charge in [0.2, 0.25) is 0 Å². The third-order valence-electron chi connectivity index (χ3n) is 6.36. The number of fused-ring (bicyclic) bond motifs is 1. The van der Waals surface area contributed by atoms with Gasteiger partial charge < -0.3 is 9.30 Å². The first-order valence-corrected chi connectivity index (χ1v) is 13.4. The maximum absolute atomic E-state index is 13.5. The molecule has 5 aromatic rings. The lowest BCUT2D eigenvalue weighted by Crippen LogP contribution is -2.32. The maximum Gasteiger partial charge on any atom is 0.356 e. The number of esters is 1. The first-order valence-electron chi connectivity index (χ1n) is 12.1. The molecule has 1 unspecified atom stereocenters. The van der Waals surface area contributed by atoms with Crippen LogP contribution in [0.25, 0.3) is 33.2 Å². The van der Waals surface area contributed by atoms with Crippen molar-refractivity contribution in [3.8, 4) is 22.4 Å². The zero-order chi connectivity index (χ0) is 27.7. The molecule has 1 amide bonds. The van der Waals surface area contributed by atoms with E-state index >= 15 is 0 Å². The summed E-state index contributed by atoms with van der Waals surface area (Å²) >= 11 is 7.21. The molecule has 0 bridgehead atoms. The first kappa shape index (κ1) is 26.3. The molecular weight excluding hydrogens is 534 g/mol. The number of hydrogen-bond acceptors (Lipinski definition) is 6. The standard InChI is InChI=1S/C30H24ClN3O4S/c1-17-8-10-20(11-9-17)25-22-6-4-5-7-23(22)28(36)34(3)26(25)29(37)38-18(2)27(35)33-30-32-24(16-39-30)19-12-14-21(31)15-13-19/h4-16,18H,1-3H3,(H,32,33,35). The van der Waals surface area contributed by atoms with E-state index in [1.807, 2.05) is 54.8 Å². The highest BCUT2D eigenvalue weighted by Gasteiger charge is 2.26. The van der Waals surface area contributed by atoms with E-state index < -0.39 is 18.0 Å². The number of carbonyl (C=O) groups is 2. The lowest BCUT2D eigenvalue weighted by Gasteiger charge is -2.19. The molecule has 1 N–H and O–H groups in total. The summed E-state index contributed by atoms with van der Waals surface area (Å²) in [4.78, 5) is 44.0. The number of aromatic nitrogens is 2. The number of hydrogen-bond donors (Lipinski definition) is 1. The molecule has 2 aromatic heterocycles. The lowest BCUT2D eigenvalue weighted by molar-refractivity contribution is -0.123. The molecule has 1 atom stereocenters. The lowest BCUT2D eigenvalue weighted by atomic mass is 9.96. The van der Waals surface area contributed by atoms with E-state index in [1.165, 1.54) is 29.9 Å². The fourth-order valence-electron chi connectivity index (χ4n) is 4.28.